The van der Waals surface area contributed by atoms with Gasteiger partial charge in [-0.25, -0.2) is 0 Å². The Hall–Kier alpha value is -2.91. The molecule has 0 bridgehead atoms. The van der Waals surface area contributed by atoms with Crippen LogP contribution in [0.1, 0.15) is 45.4 Å². The molecule has 5 aromatic rings. The molecule has 6 rings (SSSR count). The van der Waals surface area contributed by atoms with Crippen LogP contribution in [0.5, 0.6) is 0 Å². The Labute approximate surface area is 242 Å². The van der Waals surface area contributed by atoms with Gasteiger partial charge in [0.15, 0.2) is 0 Å². The third-order valence-corrected chi connectivity index (χ3v) is 6.31. The minimum atomic E-state index is -0.556. The molecular weight excluding hydrogens is 543 g/mol. The van der Waals surface area contributed by atoms with E-state index in [2.05, 4.69) is 78.9 Å². The van der Waals surface area contributed by atoms with Gasteiger partial charge in [0.2, 0.25) is 0 Å². The molecule has 0 saturated heterocycles. The number of rotatable bonds is 4. The van der Waals surface area contributed by atoms with E-state index in [0.717, 1.165) is 11.1 Å². The Morgan fingerprint density at radius 3 is 1.68 bits per heavy atom. The number of aliphatic hydroxyl groups excluding tert-OH is 1. The van der Waals surface area contributed by atoms with Crippen molar-refractivity contribution in [1.82, 2.24) is 0 Å². The molecule has 0 aromatic heterocycles. The molecule has 0 aliphatic heterocycles. The second kappa shape index (κ2) is 14.9. The maximum Gasteiger partial charge on any atom is 0.0126 e. The molecule has 5 aromatic carbocycles. The zero-order chi connectivity index (χ0) is 26.6. The molecule has 1 N–H and O–H groups in total. The Morgan fingerprint density at radius 2 is 1.13 bits per heavy atom. The first kappa shape index (κ1) is 28.1. The van der Waals surface area contributed by atoms with Crippen LogP contribution in [0.25, 0.3) is 11.6 Å². The third-order valence-electron chi connectivity index (χ3n) is 6.31. The van der Waals surface area contributed by atoms with E-state index in [9.17, 15) is 5.11 Å². The van der Waals surface area contributed by atoms with Crippen LogP contribution < -0.4 is 0 Å². The van der Waals surface area contributed by atoms with Crippen molar-refractivity contribution in [2.75, 3.05) is 0 Å². The van der Waals surface area contributed by atoms with Gasteiger partial charge in [-0.2, -0.15) is 35.9 Å². The van der Waals surface area contributed by atoms with E-state index in [-0.39, 0.29) is 5.92 Å². The molecule has 0 fully saturated rings. The summed E-state index contributed by atoms with van der Waals surface area (Å²) in [6.45, 7) is 0. The van der Waals surface area contributed by atoms with Crippen LogP contribution in [-0.2, 0) is 17.0 Å². The van der Waals surface area contributed by atoms with E-state index >= 15 is 0 Å². The average Bonchev–Trinajstić information content (AvgIpc) is 3.39. The molecule has 0 amide bonds. The smallest absolute Gasteiger partial charge is 0.0126 e. The summed E-state index contributed by atoms with van der Waals surface area (Å²) in [5, 5.41) is 9.99. The summed E-state index contributed by atoms with van der Waals surface area (Å²) in [5.41, 5.74) is 8.43. The van der Waals surface area contributed by atoms with Crippen molar-refractivity contribution < 1.29 is 22.1 Å². The quantitative estimate of drug-likeness (QED) is 0.169. The fourth-order valence-corrected chi connectivity index (χ4v) is 4.59. The molecule has 0 saturated carbocycles. The van der Waals surface area contributed by atoms with E-state index in [1.165, 1.54) is 27.8 Å². The Balaban J connectivity index is 0.000000172. The van der Waals surface area contributed by atoms with Gasteiger partial charge in [0, 0.05) is 5.92 Å². The van der Waals surface area contributed by atoms with Crippen LogP contribution in [-0.4, -0.2) is 5.11 Å². The van der Waals surface area contributed by atoms with Crippen LogP contribution in [0.4, 0.5) is 0 Å². The number of hydrogen-bond acceptors (Lipinski definition) is 1. The second-order valence-electron chi connectivity index (χ2n) is 8.64. The Bertz CT molecular complexity index is 1370. The minimum absolute atomic E-state index is 0.282. The largest absolute Gasteiger partial charge is 0.179 e. The van der Waals surface area contributed by atoms with E-state index < -0.39 is 23.1 Å². The van der Waals surface area contributed by atoms with Gasteiger partial charge in [0.1, 0.15) is 6.10 Å². The minimum Gasteiger partial charge on any atom is -0.179 e. The standard InChI is InChI=1S/C21H15.C13H12O.2ClH.Ti/c1-3-9-16(10-4-1)20-15-18-13-7-8-14-19(18)21(20)17-11-5-2-6-12-17;14-13(11-7-3-1-4-8-11)12-9-5-2-6-10-12;;;/h1-11,13-15,21H;1-10,13-14H;2*1H;/q-1;;;;+2/p-2. The molecular formula is C34H27Cl2OTi-. The van der Waals surface area contributed by atoms with E-state index in [0.29, 0.717) is 0 Å². The van der Waals surface area contributed by atoms with Crippen molar-refractivity contribution >= 4 is 30.3 Å². The van der Waals surface area contributed by atoms with Crippen LogP contribution in [0.15, 0.2) is 140 Å². The van der Waals surface area contributed by atoms with Gasteiger partial charge < -0.3 is 5.11 Å². The van der Waals surface area contributed by atoms with Gasteiger partial charge in [0.25, 0.3) is 0 Å². The van der Waals surface area contributed by atoms with Gasteiger partial charge in [-0.15, -0.1) is 0 Å². The normalized spacial score (nSPS) is 13.3. The molecule has 188 valence electrons. The summed E-state index contributed by atoms with van der Waals surface area (Å²) in [6, 6.07) is 50.3. The average molecular weight is 570 g/mol. The fraction of sp³-hybridized carbons (Fsp3) is 0.0588. The number of halogens is 2. The molecule has 1 unspecified atom stereocenters. The Kier molecular flexibility index (Phi) is 11.0. The zero-order valence-electron chi connectivity index (χ0n) is 20.7. The molecule has 1 atom stereocenters. The van der Waals surface area contributed by atoms with Crippen LogP contribution in [0, 0.1) is 6.07 Å². The molecule has 1 aliphatic carbocycles. The molecule has 0 heterocycles. The first-order chi connectivity index (χ1) is 18.7. The van der Waals surface area contributed by atoms with Crippen LogP contribution in [0.2, 0.25) is 0 Å². The van der Waals surface area contributed by atoms with Crippen LogP contribution in [0.3, 0.4) is 0 Å². The van der Waals surface area contributed by atoms with E-state index in [1.54, 1.807) is 0 Å². The summed E-state index contributed by atoms with van der Waals surface area (Å²) in [5.74, 6) is 0.282. The number of hydrogen-bond donors (Lipinski definition) is 1. The molecule has 1 aliphatic rings. The number of fused-ring (bicyclic) bond motifs is 1. The molecule has 0 radical (unpaired) electrons. The summed E-state index contributed by atoms with van der Waals surface area (Å²) >= 11 is -0.556. The first-order valence-corrected chi connectivity index (χ1v) is 16.6. The summed E-state index contributed by atoms with van der Waals surface area (Å²) in [7, 11) is 9.78. The van der Waals surface area contributed by atoms with Gasteiger partial charge in [-0.3, -0.25) is 0 Å². The number of allylic oxidation sites excluding steroid dienone is 1. The van der Waals surface area contributed by atoms with Crippen molar-refractivity contribution in [3.8, 4) is 0 Å². The Morgan fingerprint density at radius 1 is 0.632 bits per heavy atom. The van der Waals surface area contributed by atoms with Crippen molar-refractivity contribution in [3.63, 3.8) is 0 Å². The topological polar surface area (TPSA) is 20.2 Å². The van der Waals surface area contributed by atoms with Crippen LogP contribution >= 0.6 is 18.6 Å². The molecule has 38 heavy (non-hydrogen) atoms. The third kappa shape index (κ3) is 7.35. The molecule has 4 heteroatoms. The maximum atomic E-state index is 9.99. The van der Waals surface area contributed by atoms with E-state index in [4.69, 9.17) is 18.6 Å². The van der Waals surface area contributed by atoms with Gasteiger partial charge in [-0.1, -0.05) is 115 Å². The predicted molar refractivity (Wildman–Crippen MR) is 157 cm³/mol. The van der Waals surface area contributed by atoms with Crippen molar-refractivity contribution in [3.05, 3.63) is 179 Å². The van der Waals surface area contributed by atoms with Gasteiger partial charge >= 0.3 is 35.6 Å². The SMILES string of the molecule is OC(c1ccccc1)c1ccccc1.[Cl][Ti][Cl].[c-]1ccccc1C1C(c2ccccc2)=Cc2ccccc21. The second-order valence-corrected chi connectivity index (χ2v) is 11.2. The monoisotopic (exact) mass is 569 g/mol. The maximum absolute atomic E-state index is 9.99. The summed E-state index contributed by atoms with van der Waals surface area (Å²) in [6.07, 6.45) is 1.80. The van der Waals surface area contributed by atoms with Crippen molar-refractivity contribution in [2.45, 2.75) is 12.0 Å². The zero-order valence-corrected chi connectivity index (χ0v) is 23.8. The molecule has 1 nitrogen and oxygen atoms in total. The van der Waals surface area contributed by atoms with E-state index in [1.807, 2.05) is 72.8 Å². The first-order valence-electron chi connectivity index (χ1n) is 12.3. The number of benzene rings is 5. The van der Waals surface area contributed by atoms with Crippen molar-refractivity contribution in [2.24, 2.45) is 0 Å². The predicted octanol–water partition coefficient (Wildman–Crippen LogP) is 9.32. The molecule has 0 spiro atoms. The fourth-order valence-electron chi connectivity index (χ4n) is 4.59. The summed E-state index contributed by atoms with van der Waals surface area (Å²) in [4.78, 5) is 0. The summed E-state index contributed by atoms with van der Waals surface area (Å²) < 4.78 is 0. The van der Waals surface area contributed by atoms with Gasteiger partial charge in [-0.05, 0) is 39.5 Å². The number of aliphatic hydroxyl groups is 1. The van der Waals surface area contributed by atoms with Crippen molar-refractivity contribution in [1.29, 1.82) is 0 Å². The van der Waals surface area contributed by atoms with Gasteiger partial charge in [0.05, 0.1) is 0 Å².